The molecule has 3 fully saturated rings. The van der Waals surface area contributed by atoms with Crippen molar-refractivity contribution >= 4 is 16.9 Å². The molecular formula is C28H32F2N4O3. The van der Waals surface area contributed by atoms with E-state index in [1.165, 1.54) is 10.9 Å². The molecule has 0 bridgehead atoms. The molecule has 2 atom stereocenters. The maximum atomic E-state index is 14.3. The van der Waals surface area contributed by atoms with E-state index in [4.69, 9.17) is 0 Å². The summed E-state index contributed by atoms with van der Waals surface area (Å²) in [5, 5.41) is 11.9. The molecule has 1 N–H and O–H groups in total. The van der Waals surface area contributed by atoms with E-state index in [0.717, 1.165) is 18.4 Å². The molecule has 0 spiro atoms. The van der Waals surface area contributed by atoms with Crippen LogP contribution in [-0.4, -0.2) is 54.6 Å². The summed E-state index contributed by atoms with van der Waals surface area (Å²) in [6.45, 7) is 0.756. The molecule has 3 heterocycles. The molecule has 6 rings (SSSR count). The lowest BCUT2D eigenvalue weighted by molar-refractivity contribution is -0.145. The fourth-order valence-electron chi connectivity index (χ4n) is 6.17. The summed E-state index contributed by atoms with van der Waals surface area (Å²) < 4.78 is 32.1. The summed E-state index contributed by atoms with van der Waals surface area (Å²) in [5.41, 5.74) is 0.131. The standard InChI is InChI=1S/C28H32F2N4O3/c29-28(30)10-8-21(23(16-28)19-4-2-1-3-5-19)25(35)32-14-11-27(37,12-15-32)17-33-18-31-24-22(26(33)36)9-13-34(24)20-6-7-20/h1-5,9,13,18,20-21,23,37H,6-8,10-12,14-17H2/t21-,23+/m1/s1. The Morgan fingerprint density at radius 3 is 2.49 bits per heavy atom. The number of aromatic nitrogens is 3. The quantitative estimate of drug-likeness (QED) is 0.560. The first-order valence-corrected chi connectivity index (χ1v) is 13.2. The fraction of sp³-hybridized carbons (Fsp3) is 0.536. The van der Waals surface area contributed by atoms with Crippen LogP contribution in [-0.2, 0) is 11.3 Å². The second-order valence-electron chi connectivity index (χ2n) is 11.1. The molecule has 1 amide bonds. The number of amides is 1. The number of hydrogen-bond donors (Lipinski definition) is 1. The van der Waals surface area contributed by atoms with Crippen molar-refractivity contribution in [2.45, 2.75) is 75.0 Å². The predicted molar refractivity (Wildman–Crippen MR) is 134 cm³/mol. The van der Waals surface area contributed by atoms with Crippen LogP contribution < -0.4 is 5.56 Å². The second-order valence-corrected chi connectivity index (χ2v) is 11.1. The lowest BCUT2D eigenvalue weighted by atomic mass is 9.73. The van der Waals surface area contributed by atoms with Crippen LogP contribution in [0.15, 0.2) is 53.7 Å². The first kappa shape index (κ1) is 24.3. The molecule has 1 saturated heterocycles. The average Bonchev–Trinajstić information content (AvgIpc) is 3.64. The number of aliphatic hydroxyl groups is 1. The van der Waals surface area contributed by atoms with Crippen molar-refractivity contribution in [3.05, 3.63) is 64.8 Å². The number of likely N-dealkylation sites (tertiary alicyclic amines) is 1. The number of hydrogen-bond acceptors (Lipinski definition) is 4. The minimum Gasteiger partial charge on any atom is -0.388 e. The highest BCUT2D eigenvalue weighted by molar-refractivity contribution is 5.80. The Morgan fingerprint density at radius 1 is 1.05 bits per heavy atom. The maximum absolute atomic E-state index is 14.3. The summed E-state index contributed by atoms with van der Waals surface area (Å²) in [4.78, 5) is 32.8. The van der Waals surface area contributed by atoms with Gasteiger partial charge in [-0.1, -0.05) is 30.3 Å². The molecule has 37 heavy (non-hydrogen) atoms. The van der Waals surface area contributed by atoms with Crippen LogP contribution in [0.4, 0.5) is 8.78 Å². The normalized spacial score (nSPS) is 25.3. The van der Waals surface area contributed by atoms with Crippen molar-refractivity contribution in [2.75, 3.05) is 13.1 Å². The minimum atomic E-state index is -2.78. The Bertz CT molecular complexity index is 1360. The zero-order valence-corrected chi connectivity index (χ0v) is 20.7. The van der Waals surface area contributed by atoms with Gasteiger partial charge in [-0.3, -0.25) is 14.2 Å². The van der Waals surface area contributed by atoms with E-state index in [9.17, 15) is 23.5 Å². The van der Waals surface area contributed by atoms with Gasteiger partial charge in [-0.25, -0.2) is 13.8 Å². The molecule has 0 unspecified atom stereocenters. The second kappa shape index (κ2) is 9.04. The van der Waals surface area contributed by atoms with Crippen LogP contribution >= 0.6 is 0 Å². The van der Waals surface area contributed by atoms with E-state index >= 15 is 0 Å². The van der Waals surface area contributed by atoms with Gasteiger partial charge < -0.3 is 14.6 Å². The smallest absolute Gasteiger partial charge is 0.262 e. The first-order valence-electron chi connectivity index (χ1n) is 13.2. The van der Waals surface area contributed by atoms with Gasteiger partial charge in [-0.15, -0.1) is 0 Å². The molecule has 2 saturated carbocycles. The van der Waals surface area contributed by atoms with Crippen LogP contribution in [0.3, 0.4) is 0 Å². The highest BCUT2D eigenvalue weighted by Gasteiger charge is 2.46. The van der Waals surface area contributed by atoms with Crippen LogP contribution in [0.1, 0.15) is 62.5 Å². The van der Waals surface area contributed by atoms with Gasteiger partial charge >= 0.3 is 0 Å². The fourth-order valence-corrected chi connectivity index (χ4v) is 6.17. The molecule has 1 aliphatic heterocycles. The van der Waals surface area contributed by atoms with Crippen LogP contribution in [0.25, 0.3) is 11.0 Å². The average molecular weight is 511 g/mol. The third-order valence-corrected chi connectivity index (χ3v) is 8.48. The van der Waals surface area contributed by atoms with Gasteiger partial charge in [0.05, 0.1) is 17.5 Å². The molecule has 196 valence electrons. The molecule has 0 radical (unpaired) electrons. The van der Waals surface area contributed by atoms with Crippen molar-refractivity contribution in [2.24, 2.45) is 5.92 Å². The van der Waals surface area contributed by atoms with E-state index in [0.29, 0.717) is 43.0 Å². The van der Waals surface area contributed by atoms with E-state index in [1.807, 2.05) is 41.1 Å². The van der Waals surface area contributed by atoms with Gasteiger partial charge in [0.2, 0.25) is 11.8 Å². The summed E-state index contributed by atoms with van der Waals surface area (Å²) >= 11 is 0. The summed E-state index contributed by atoms with van der Waals surface area (Å²) in [7, 11) is 0. The zero-order valence-electron chi connectivity index (χ0n) is 20.7. The molecule has 7 nitrogen and oxygen atoms in total. The zero-order chi connectivity index (χ0) is 25.8. The summed E-state index contributed by atoms with van der Waals surface area (Å²) in [6, 6.07) is 11.3. The number of piperidine rings is 1. The topological polar surface area (TPSA) is 80.4 Å². The van der Waals surface area contributed by atoms with Crippen LogP contribution in [0.5, 0.6) is 0 Å². The van der Waals surface area contributed by atoms with Crippen LogP contribution in [0, 0.1) is 5.92 Å². The van der Waals surface area contributed by atoms with Crippen molar-refractivity contribution in [1.82, 2.24) is 19.0 Å². The minimum absolute atomic E-state index is 0.105. The molecule has 2 aliphatic carbocycles. The lowest BCUT2D eigenvalue weighted by Crippen LogP contribution is -2.52. The largest absolute Gasteiger partial charge is 0.388 e. The predicted octanol–water partition coefficient (Wildman–Crippen LogP) is 4.11. The van der Waals surface area contributed by atoms with E-state index in [2.05, 4.69) is 4.98 Å². The maximum Gasteiger partial charge on any atom is 0.262 e. The number of rotatable bonds is 5. The Morgan fingerprint density at radius 2 is 1.78 bits per heavy atom. The number of alkyl halides is 2. The Balaban J connectivity index is 1.14. The third-order valence-electron chi connectivity index (χ3n) is 8.48. The van der Waals surface area contributed by atoms with Crippen molar-refractivity contribution in [3.63, 3.8) is 0 Å². The number of carbonyl (C=O) groups is 1. The van der Waals surface area contributed by atoms with Gasteiger partial charge in [0.25, 0.3) is 5.56 Å². The number of benzene rings is 1. The van der Waals surface area contributed by atoms with Crippen LogP contribution in [0.2, 0.25) is 0 Å². The Kier molecular flexibility index (Phi) is 5.93. The van der Waals surface area contributed by atoms with Gasteiger partial charge in [-0.2, -0.15) is 0 Å². The molecule has 1 aromatic carbocycles. The number of fused-ring (bicyclic) bond motifs is 1. The molecule has 3 aliphatic rings. The van der Waals surface area contributed by atoms with E-state index < -0.39 is 23.4 Å². The van der Waals surface area contributed by atoms with Gasteiger partial charge in [0, 0.05) is 50.0 Å². The highest BCUT2D eigenvalue weighted by atomic mass is 19.3. The molecular weight excluding hydrogens is 478 g/mol. The lowest BCUT2D eigenvalue weighted by Gasteiger charge is -2.42. The van der Waals surface area contributed by atoms with Crippen molar-refractivity contribution in [1.29, 1.82) is 0 Å². The highest BCUT2D eigenvalue weighted by Crippen LogP contribution is 2.46. The van der Waals surface area contributed by atoms with Crippen molar-refractivity contribution in [3.8, 4) is 0 Å². The van der Waals surface area contributed by atoms with Gasteiger partial charge in [0.15, 0.2) is 0 Å². The molecule has 3 aromatic rings. The van der Waals surface area contributed by atoms with Gasteiger partial charge in [0.1, 0.15) is 12.0 Å². The third kappa shape index (κ3) is 4.69. The molecule has 2 aromatic heterocycles. The summed E-state index contributed by atoms with van der Waals surface area (Å²) in [5.74, 6) is -3.93. The van der Waals surface area contributed by atoms with Crippen molar-refractivity contribution < 1.29 is 18.7 Å². The Labute approximate surface area is 213 Å². The number of halogens is 2. The van der Waals surface area contributed by atoms with E-state index in [1.54, 1.807) is 11.0 Å². The number of carbonyl (C=O) groups excluding carboxylic acids is 1. The summed E-state index contributed by atoms with van der Waals surface area (Å²) in [6.07, 6.45) is 5.76. The molecule has 9 heteroatoms. The Hall–Kier alpha value is -3.07. The number of nitrogens with zero attached hydrogens (tertiary/aromatic N) is 4. The SMILES string of the molecule is O=C([C@@H]1CCC(F)(F)C[C@H]1c1ccccc1)N1CCC(O)(Cn2cnc3c(ccn3C3CC3)c2=O)CC1. The monoisotopic (exact) mass is 510 g/mol. The van der Waals surface area contributed by atoms with Gasteiger partial charge in [-0.05, 0) is 43.7 Å². The first-order chi connectivity index (χ1) is 17.7. The van der Waals surface area contributed by atoms with E-state index in [-0.39, 0.29) is 37.3 Å².